The van der Waals surface area contributed by atoms with Crippen molar-refractivity contribution in [1.29, 1.82) is 0 Å². The minimum absolute atomic E-state index is 0.100. The number of carboxylic acids is 1. The van der Waals surface area contributed by atoms with E-state index in [4.69, 9.17) is 5.11 Å². The lowest BCUT2D eigenvalue weighted by Crippen LogP contribution is -2.33. The molecule has 0 fully saturated rings. The molecule has 0 spiro atoms. The monoisotopic (exact) mass is 241 g/mol. The fraction of sp³-hybridized carbons (Fsp3) is 0.583. The molecule has 5 heteroatoms. The predicted octanol–water partition coefficient (Wildman–Crippen LogP) is 0.934. The number of likely N-dealkylation sites (N-methyl/N-ethyl adjacent to an activating group) is 1. The number of hydrogen-bond donors (Lipinski definition) is 2. The number of carbonyl (C=O) groups excluding carboxylic acids is 2. The van der Waals surface area contributed by atoms with Crippen LogP contribution in [0.1, 0.15) is 32.6 Å². The molecule has 0 aliphatic rings. The molecule has 0 aromatic heterocycles. The molecular formula is C12H19NO4. The highest BCUT2D eigenvalue weighted by Gasteiger charge is 2.13. The summed E-state index contributed by atoms with van der Waals surface area (Å²) in [5, 5.41) is 11.4. The molecule has 0 unspecified atom stereocenters. The maximum Gasteiger partial charge on any atom is 0.320 e. The third kappa shape index (κ3) is 8.33. The van der Waals surface area contributed by atoms with Crippen LogP contribution < -0.4 is 5.32 Å². The van der Waals surface area contributed by atoms with E-state index in [0.29, 0.717) is 25.7 Å². The van der Waals surface area contributed by atoms with E-state index >= 15 is 0 Å². The first kappa shape index (κ1) is 15.5. The summed E-state index contributed by atoms with van der Waals surface area (Å²) < 4.78 is 0. The summed E-state index contributed by atoms with van der Waals surface area (Å²) in [4.78, 5) is 32.5. The van der Waals surface area contributed by atoms with Gasteiger partial charge in [-0.25, -0.2) is 0 Å². The normalized spacial score (nSPS) is 12.6. The van der Waals surface area contributed by atoms with Crippen LogP contribution in [0.5, 0.6) is 0 Å². The van der Waals surface area contributed by atoms with Crippen molar-refractivity contribution in [3.8, 4) is 0 Å². The molecule has 0 aliphatic carbocycles. The van der Waals surface area contributed by atoms with Crippen LogP contribution >= 0.6 is 0 Å². The summed E-state index contributed by atoms with van der Waals surface area (Å²) in [6.45, 7) is 1.38. The van der Waals surface area contributed by atoms with Gasteiger partial charge in [-0.1, -0.05) is 6.42 Å². The Morgan fingerprint density at radius 3 is 2.35 bits per heavy atom. The smallest absolute Gasteiger partial charge is 0.320 e. The number of unbranched alkanes of at least 4 members (excludes halogenated alkanes) is 1. The number of carboxylic acid groups (broad SMARTS) is 1. The van der Waals surface area contributed by atoms with E-state index in [1.807, 2.05) is 0 Å². The summed E-state index contributed by atoms with van der Waals surface area (Å²) in [7, 11) is 1.60. The number of nitrogens with one attached hydrogen (secondary N) is 1. The molecule has 2 N–H and O–H groups in total. The summed E-state index contributed by atoms with van der Waals surface area (Å²) in [5.41, 5.74) is 0. The number of ketones is 2. The van der Waals surface area contributed by atoms with Gasteiger partial charge < -0.3 is 10.4 Å². The number of carbonyl (C=O) groups is 3. The molecule has 0 aromatic carbocycles. The van der Waals surface area contributed by atoms with Crippen LogP contribution in [0.25, 0.3) is 0 Å². The molecular weight excluding hydrogens is 222 g/mol. The summed E-state index contributed by atoms with van der Waals surface area (Å²) in [5.74, 6) is -1.13. The largest absolute Gasteiger partial charge is 0.480 e. The van der Waals surface area contributed by atoms with Crippen molar-refractivity contribution in [3.05, 3.63) is 12.2 Å². The Morgan fingerprint density at radius 1 is 1.24 bits per heavy atom. The zero-order valence-electron chi connectivity index (χ0n) is 10.2. The first-order chi connectivity index (χ1) is 7.97. The van der Waals surface area contributed by atoms with Crippen LogP contribution in [0, 0.1) is 0 Å². The molecule has 0 aromatic rings. The van der Waals surface area contributed by atoms with Gasteiger partial charge in [0.2, 0.25) is 0 Å². The second-order valence-corrected chi connectivity index (χ2v) is 3.84. The molecule has 0 heterocycles. The van der Waals surface area contributed by atoms with Gasteiger partial charge in [0.15, 0.2) is 11.6 Å². The van der Waals surface area contributed by atoms with Crippen molar-refractivity contribution in [2.24, 2.45) is 0 Å². The molecule has 17 heavy (non-hydrogen) atoms. The minimum atomic E-state index is -0.879. The molecule has 5 nitrogen and oxygen atoms in total. The van der Waals surface area contributed by atoms with Crippen LogP contribution in [0.15, 0.2) is 12.2 Å². The fourth-order valence-corrected chi connectivity index (χ4v) is 1.33. The summed E-state index contributed by atoms with van der Waals surface area (Å²) in [6, 6.07) is -0.558. The topological polar surface area (TPSA) is 83.5 Å². The quantitative estimate of drug-likeness (QED) is 0.463. The number of hydrogen-bond acceptors (Lipinski definition) is 4. The van der Waals surface area contributed by atoms with Crippen LogP contribution in [0.2, 0.25) is 0 Å². The molecule has 1 atom stereocenters. The minimum Gasteiger partial charge on any atom is -0.480 e. The third-order valence-electron chi connectivity index (χ3n) is 2.32. The van der Waals surface area contributed by atoms with Crippen molar-refractivity contribution in [2.45, 2.75) is 38.6 Å². The summed E-state index contributed by atoms with van der Waals surface area (Å²) in [6.07, 6.45) is 4.66. The maximum absolute atomic E-state index is 11.2. The van der Waals surface area contributed by atoms with Crippen LogP contribution in [-0.2, 0) is 14.4 Å². The van der Waals surface area contributed by atoms with E-state index in [-0.39, 0.29) is 11.6 Å². The van der Waals surface area contributed by atoms with E-state index in [1.165, 1.54) is 19.1 Å². The van der Waals surface area contributed by atoms with Crippen molar-refractivity contribution in [3.63, 3.8) is 0 Å². The highest BCUT2D eigenvalue weighted by molar-refractivity contribution is 5.97. The Labute approximate surface area is 101 Å². The molecule has 0 saturated heterocycles. The molecule has 0 saturated carbocycles. The number of rotatable bonds is 9. The molecule has 96 valence electrons. The van der Waals surface area contributed by atoms with Gasteiger partial charge in [-0.15, -0.1) is 0 Å². The Morgan fingerprint density at radius 2 is 1.88 bits per heavy atom. The molecule has 0 bridgehead atoms. The van der Waals surface area contributed by atoms with E-state index in [2.05, 4.69) is 5.32 Å². The molecule has 0 radical (unpaired) electrons. The van der Waals surface area contributed by atoms with Gasteiger partial charge in [-0.05, 0) is 39.0 Å². The lowest BCUT2D eigenvalue weighted by Gasteiger charge is -2.09. The lowest BCUT2D eigenvalue weighted by molar-refractivity contribution is -0.139. The number of aliphatic carboxylic acids is 1. The van der Waals surface area contributed by atoms with Crippen LogP contribution in [0.3, 0.4) is 0 Å². The Bertz CT molecular complexity index is 310. The van der Waals surface area contributed by atoms with Gasteiger partial charge >= 0.3 is 5.97 Å². The van der Waals surface area contributed by atoms with Crippen molar-refractivity contribution >= 4 is 17.5 Å². The first-order valence-corrected chi connectivity index (χ1v) is 5.59. The average molecular weight is 241 g/mol. The number of allylic oxidation sites excluding steroid dienone is 2. The van der Waals surface area contributed by atoms with Gasteiger partial charge in [0.25, 0.3) is 0 Å². The highest BCUT2D eigenvalue weighted by atomic mass is 16.4. The highest BCUT2D eigenvalue weighted by Crippen LogP contribution is 2.05. The zero-order chi connectivity index (χ0) is 13.3. The molecule has 0 rings (SSSR count). The Kier molecular flexibility index (Phi) is 7.88. The average Bonchev–Trinajstić information content (AvgIpc) is 2.25. The second kappa shape index (κ2) is 8.64. The lowest BCUT2D eigenvalue weighted by atomic mass is 10.1. The van der Waals surface area contributed by atoms with Crippen molar-refractivity contribution in [1.82, 2.24) is 5.32 Å². The van der Waals surface area contributed by atoms with Crippen molar-refractivity contribution < 1.29 is 19.5 Å². The second-order valence-electron chi connectivity index (χ2n) is 3.84. The first-order valence-electron chi connectivity index (χ1n) is 5.59. The zero-order valence-corrected chi connectivity index (χ0v) is 10.2. The fourth-order valence-electron chi connectivity index (χ4n) is 1.33. The van der Waals surface area contributed by atoms with E-state index in [9.17, 15) is 14.4 Å². The Hall–Kier alpha value is -1.49. The SMILES string of the molecule is CN[C@@H](CCCCC(=O)/C=C/C(C)=O)C(=O)O. The van der Waals surface area contributed by atoms with Crippen LogP contribution in [0.4, 0.5) is 0 Å². The van der Waals surface area contributed by atoms with E-state index in [0.717, 1.165) is 0 Å². The molecule has 0 aliphatic heterocycles. The standard InChI is InChI=1S/C12H19NO4/c1-9(14)7-8-10(15)5-3-4-6-11(13-2)12(16)17/h7-8,11,13H,3-6H2,1-2H3,(H,16,17)/b8-7+/t11-/m0/s1. The third-order valence-corrected chi connectivity index (χ3v) is 2.32. The summed E-state index contributed by atoms with van der Waals surface area (Å²) >= 11 is 0. The van der Waals surface area contributed by atoms with Gasteiger partial charge in [-0.2, -0.15) is 0 Å². The Balaban J connectivity index is 3.74. The van der Waals surface area contributed by atoms with Gasteiger partial charge in [0.1, 0.15) is 6.04 Å². The van der Waals surface area contributed by atoms with Crippen molar-refractivity contribution in [2.75, 3.05) is 7.05 Å². The predicted molar refractivity (Wildman–Crippen MR) is 63.8 cm³/mol. The van der Waals surface area contributed by atoms with E-state index in [1.54, 1.807) is 7.05 Å². The van der Waals surface area contributed by atoms with Crippen LogP contribution in [-0.4, -0.2) is 35.7 Å². The maximum atomic E-state index is 11.2. The molecule has 0 amide bonds. The van der Waals surface area contributed by atoms with Gasteiger partial charge in [-0.3, -0.25) is 14.4 Å². The van der Waals surface area contributed by atoms with Gasteiger partial charge in [0.05, 0.1) is 0 Å². The van der Waals surface area contributed by atoms with E-state index < -0.39 is 12.0 Å². The van der Waals surface area contributed by atoms with Gasteiger partial charge in [0, 0.05) is 6.42 Å².